The molecule has 0 saturated carbocycles. The van der Waals surface area contributed by atoms with Crippen molar-refractivity contribution in [1.82, 2.24) is 0 Å². The van der Waals surface area contributed by atoms with Crippen LogP contribution in [0.1, 0.15) is 25.8 Å². The fourth-order valence-electron chi connectivity index (χ4n) is 1.04. The molecule has 0 aliphatic heterocycles. The Labute approximate surface area is 83.3 Å². The highest BCUT2D eigenvalue weighted by Gasteiger charge is 2.07. The average molecular weight is 198 g/mol. The Morgan fingerprint density at radius 3 is 2.71 bits per heavy atom. The number of rotatable bonds is 4. The van der Waals surface area contributed by atoms with Gasteiger partial charge in [0.15, 0.2) is 11.6 Å². The number of aliphatic hydroxyl groups is 1. The van der Waals surface area contributed by atoms with E-state index in [0.29, 0.717) is 5.56 Å². The van der Waals surface area contributed by atoms with E-state index in [1.54, 1.807) is 12.1 Å². The minimum Gasteiger partial charge on any atom is -0.488 e. The van der Waals surface area contributed by atoms with E-state index in [2.05, 4.69) is 0 Å². The van der Waals surface area contributed by atoms with Crippen LogP contribution in [0.5, 0.6) is 5.75 Å². The lowest BCUT2D eigenvalue weighted by atomic mass is 10.2. The van der Waals surface area contributed by atoms with Gasteiger partial charge in [-0.2, -0.15) is 0 Å². The topological polar surface area (TPSA) is 29.5 Å². The van der Waals surface area contributed by atoms with E-state index in [1.807, 2.05) is 13.8 Å². The van der Waals surface area contributed by atoms with Crippen molar-refractivity contribution >= 4 is 0 Å². The van der Waals surface area contributed by atoms with Crippen molar-refractivity contribution in [3.63, 3.8) is 0 Å². The summed E-state index contributed by atoms with van der Waals surface area (Å²) in [6, 6.07) is 4.49. The maximum absolute atomic E-state index is 13.3. The summed E-state index contributed by atoms with van der Waals surface area (Å²) in [5.41, 5.74) is 0.555. The third-order valence-electron chi connectivity index (χ3n) is 2.08. The minimum absolute atomic E-state index is 0.00414. The van der Waals surface area contributed by atoms with E-state index in [-0.39, 0.29) is 18.5 Å². The van der Waals surface area contributed by atoms with Crippen molar-refractivity contribution in [1.29, 1.82) is 0 Å². The van der Waals surface area contributed by atoms with Gasteiger partial charge in [-0.15, -0.1) is 0 Å². The molecule has 0 radical (unpaired) electrons. The standard InChI is InChI=1S/C11H15FO2/c1-3-8(2)14-11-5-4-9(7-13)6-10(11)12/h4-6,8,13H,3,7H2,1-2H3. The SMILES string of the molecule is CCC(C)Oc1ccc(CO)cc1F. The van der Waals surface area contributed by atoms with Crippen LogP contribution in [-0.4, -0.2) is 11.2 Å². The van der Waals surface area contributed by atoms with Crippen LogP contribution in [0.15, 0.2) is 18.2 Å². The molecule has 1 rings (SSSR count). The van der Waals surface area contributed by atoms with Crippen molar-refractivity contribution in [3.8, 4) is 5.75 Å². The Balaban J connectivity index is 2.78. The fraction of sp³-hybridized carbons (Fsp3) is 0.455. The number of aliphatic hydroxyl groups excluding tert-OH is 1. The van der Waals surface area contributed by atoms with Crippen LogP contribution >= 0.6 is 0 Å². The third kappa shape index (κ3) is 2.70. The first-order valence-electron chi connectivity index (χ1n) is 4.73. The lowest BCUT2D eigenvalue weighted by Crippen LogP contribution is -2.10. The fourth-order valence-corrected chi connectivity index (χ4v) is 1.04. The van der Waals surface area contributed by atoms with Crippen molar-refractivity contribution in [3.05, 3.63) is 29.6 Å². The first-order valence-corrected chi connectivity index (χ1v) is 4.73. The molecule has 0 fully saturated rings. The quantitative estimate of drug-likeness (QED) is 0.805. The molecule has 0 aromatic heterocycles. The summed E-state index contributed by atoms with van der Waals surface area (Å²) in [6.45, 7) is 3.71. The van der Waals surface area contributed by atoms with Crippen LogP contribution in [0, 0.1) is 5.82 Å². The Morgan fingerprint density at radius 2 is 2.21 bits per heavy atom. The summed E-state index contributed by atoms with van der Waals surface area (Å²) >= 11 is 0. The molecule has 2 nitrogen and oxygen atoms in total. The van der Waals surface area contributed by atoms with Gasteiger partial charge < -0.3 is 9.84 Å². The van der Waals surface area contributed by atoms with Gasteiger partial charge in [0.2, 0.25) is 0 Å². The largest absolute Gasteiger partial charge is 0.488 e. The van der Waals surface area contributed by atoms with Gasteiger partial charge in [-0.05, 0) is 31.0 Å². The number of benzene rings is 1. The molecule has 0 spiro atoms. The van der Waals surface area contributed by atoms with Gasteiger partial charge in [0, 0.05) is 0 Å². The highest BCUT2D eigenvalue weighted by atomic mass is 19.1. The molecule has 0 heterocycles. The molecule has 0 amide bonds. The third-order valence-corrected chi connectivity index (χ3v) is 2.08. The second kappa shape index (κ2) is 4.96. The van der Waals surface area contributed by atoms with Crippen molar-refractivity contribution < 1.29 is 14.2 Å². The molecule has 0 aliphatic rings. The van der Waals surface area contributed by atoms with Gasteiger partial charge in [0.25, 0.3) is 0 Å². The molecule has 1 N–H and O–H groups in total. The zero-order valence-electron chi connectivity index (χ0n) is 8.46. The lowest BCUT2D eigenvalue weighted by Gasteiger charge is -2.13. The first kappa shape index (κ1) is 11.0. The normalized spacial score (nSPS) is 12.6. The van der Waals surface area contributed by atoms with Crippen LogP contribution in [0.4, 0.5) is 4.39 Å². The predicted octanol–water partition coefficient (Wildman–Crippen LogP) is 2.50. The molecular formula is C11H15FO2. The van der Waals surface area contributed by atoms with Crippen LogP contribution in [0.2, 0.25) is 0 Å². The number of halogens is 1. The number of hydrogen-bond acceptors (Lipinski definition) is 2. The van der Waals surface area contributed by atoms with Crippen LogP contribution in [-0.2, 0) is 6.61 Å². The molecule has 1 aromatic carbocycles. The predicted molar refractivity (Wildman–Crippen MR) is 52.7 cm³/mol. The van der Waals surface area contributed by atoms with E-state index < -0.39 is 5.82 Å². The van der Waals surface area contributed by atoms with Crippen LogP contribution in [0.3, 0.4) is 0 Å². The zero-order chi connectivity index (χ0) is 10.6. The second-order valence-corrected chi connectivity index (χ2v) is 3.26. The van der Waals surface area contributed by atoms with Gasteiger partial charge in [-0.3, -0.25) is 0 Å². The van der Waals surface area contributed by atoms with E-state index in [4.69, 9.17) is 9.84 Å². The van der Waals surface area contributed by atoms with Crippen LogP contribution in [0.25, 0.3) is 0 Å². The summed E-state index contributed by atoms with van der Waals surface area (Å²) in [7, 11) is 0. The molecule has 3 heteroatoms. The molecule has 1 atom stereocenters. The van der Waals surface area contributed by atoms with Crippen molar-refractivity contribution in [2.75, 3.05) is 0 Å². The van der Waals surface area contributed by atoms with Gasteiger partial charge in [-0.25, -0.2) is 4.39 Å². The van der Waals surface area contributed by atoms with E-state index in [0.717, 1.165) is 6.42 Å². The minimum atomic E-state index is -0.420. The van der Waals surface area contributed by atoms with Crippen molar-refractivity contribution in [2.45, 2.75) is 33.0 Å². The zero-order valence-corrected chi connectivity index (χ0v) is 8.46. The average Bonchev–Trinajstić information content (AvgIpc) is 2.20. The Hall–Kier alpha value is -1.09. The van der Waals surface area contributed by atoms with Crippen molar-refractivity contribution in [2.24, 2.45) is 0 Å². The molecule has 1 unspecified atom stereocenters. The Bertz CT molecular complexity index is 299. The molecule has 0 bridgehead atoms. The summed E-state index contributed by atoms with van der Waals surface area (Å²) in [6.07, 6.45) is 0.839. The molecular weight excluding hydrogens is 183 g/mol. The van der Waals surface area contributed by atoms with E-state index >= 15 is 0 Å². The van der Waals surface area contributed by atoms with Crippen LogP contribution < -0.4 is 4.74 Å². The molecule has 0 aliphatic carbocycles. The van der Waals surface area contributed by atoms with Gasteiger partial charge in [0.1, 0.15) is 0 Å². The monoisotopic (exact) mass is 198 g/mol. The lowest BCUT2D eigenvalue weighted by molar-refractivity contribution is 0.207. The summed E-state index contributed by atoms with van der Waals surface area (Å²) in [4.78, 5) is 0. The molecule has 0 saturated heterocycles. The van der Waals surface area contributed by atoms with Gasteiger partial charge in [0.05, 0.1) is 12.7 Å². The number of ether oxygens (including phenoxy) is 1. The highest BCUT2D eigenvalue weighted by molar-refractivity contribution is 5.29. The maximum atomic E-state index is 13.3. The molecule has 78 valence electrons. The van der Waals surface area contributed by atoms with Gasteiger partial charge >= 0.3 is 0 Å². The molecule has 1 aromatic rings. The van der Waals surface area contributed by atoms with E-state index in [1.165, 1.54) is 6.07 Å². The summed E-state index contributed by atoms with van der Waals surface area (Å²) < 4.78 is 18.6. The highest BCUT2D eigenvalue weighted by Crippen LogP contribution is 2.20. The second-order valence-electron chi connectivity index (χ2n) is 3.26. The Kier molecular flexibility index (Phi) is 3.89. The summed E-state index contributed by atoms with van der Waals surface area (Å²) in [5.74, 6) is -0.173. The van der Waals surface area contributed by atoms with E-state index in [9.17, 15) is 4.39 Å². The molecule has 14 heavy (non-hydrogen) atoms. The number of hydrogen-bond donors (Lipinski definition) is 1. The van der Waals surface area contributed by atoms with Gasteiger partial charge in [-0.1, -0.05) is 13.0 Å². The first-order chi connectivity index (χ1) is 6.67. The Morgan fingerprint density at radius 1 is 1.50 bits per heavy atom. The summed E-state index contributed by atoms with van der Waals surface area (Å²) in [5, 5.41) is 8.77. The maximum Gasteiger partial charge on any atom is 0.165 e. The smallest absolute Gasteiger partial charge is 0.165 e.